The number of fused-ring (bicyclic) bond motifs is 2. The second kappa shape index (κ2) is 8.12. The van der Waals surface area contributed by atoms with Crippen molar-refractivity contribution < 1.29 is 14.3 Å². The van der Waals surface area contributed by atoms with Gasteiger partial charge in [-0.05, 0) is 49.1 Å². The zero-order valence-corrected chi connectivity index (χ0v) is 16.0. The minimum atomic E-state index is -0.484. The van der Waals surface area contributed by atoms with Crippen molar-refractivity contribution >= 4 is 29.1 Å². The Morgan fingerprint density at radius 1 is 1.07 bits per heavy atom. The summed E-state index contributed by atoms with van der Waals surface area (Å²) in [5.41, 5.74) is 4.96. The number of ether oxygens (including phenoxy) is 1. The fourth-order valence-corrected chi connectivity index (χ4v) is 3.22. The molecule has 1 N–H and O–H groups in total. The van der Waals surface area contributed by atoms with Gasteiger partial charge in [0.05, 0.1) is 6.61 Å². The summed E-state index contributed by atoms with van der Waals surface area (Å²) in [4.78, 5) is 27.9. The first kappa shape index (κ1) is 18.8. The number of rotatable bonds is 4. The zero-order valence-electron chi connectivity index (χ0n) is 16.0. The number of likely N-dealkylation sites (N-methyl/N-ethyl adjacent to an activating group) is 1. The number of aryl methyl sites for hydroxylation is 2. The van der Waals surface area contributed by atoms with E-state index >= 15 is 0 Å². The average Bonchev–Trinajstić information content (AvgIpc) is 2.79. The summed E-state index contributed by atoms with van der Waals surface area (Å²) < 4.78 is 4.97. The van der Waals surface area contributed by atoms with Crippen LogP contribution in [0.4, 0.5) is 21.9 Å². The number of carbonyl (C=O) groups excluding carboxylic acids is 2. The molecule has 142 valence electrons. The summed E-state index contributed by atoms with van der Waals surface area (Å²) in [7, 11) is 3.51. The van der Waals surface area contributed by atoms with Gasteiger partial charge in [-0.1, -0.05) is 24.3 Å². The zero-order chi connectivity index (χ0) is 19.4. The van der Waals surface area contributed by atoms with Gasteiger partial charge in [-0.3, -0.25) is 10.1 Å². The summed E-state index contributed by atoms with van der Waals surface area (Å²) in [6.07, 6.45) is 1.29. The molecule has 2 amide bonds. The average molecular weight is 367 g/mol. The number of carbonyl (C=O) groups is 2. The van der Waals surface area contributed by atoms with Crippen molar-refractivity contribution in [1.82, 2.24) is 4.90 Å². The number of nitrogens with zero attached hydrogens (tertiary/aromatic N) is 2. The molecule has 0 fully saturated rings. The highest BCUT2D eigenvalue weighted by molar-refractivity contribution is 5.89. The molecule has 6 heteroatoms. The standard InChI is InChI=1S/C21H25N3O3/c1-4-27-21(26)22-17-12-11-16-10-9-15-7-5-6-8-18(15)24(19(16)13-17)14-20(25)23(2)3/h5-8,11-13H,4,9-10,14H2,1-3H3,(H,22,26). The second-order valence-corrected chi connectivity index (χ2v) is 6.69. The van der Waals surface area contributed by atoms with E-state index in [0.29, 0.717) is 12.3 Å². The third-order valence-corrected chi connectivity index (χ3v) is 4.64. The smallest absolute Gasteiger partial charge is 0.411 e. The molecule has 2 aromatic carbocycles. The molecule has 1 aliphatic rings. The molecule has 0 bridgehead atoms. The van der Waals surface area contributed by atoms with Gasteiger partial charge in [0, 0.05) is 31.2 Å². The first-order valence-corrected chi connectivity index (χ1v) is 9.12. The molecular formula is C21H25N3O3. The predicted molar refractivity (Wildman–Crippen MR) is 107 cm³/mol. The lowest BCUT2D eigenvalue weighted by atomic mass is 10.0. The molecule has 27 heavy (non-hydrogen) atoms. The third kappa shape index (κ3) is 4.22. The second-order valence-electron chi connectivity index (χ2n) is 6.69. The van der Waals surface area contributed by atoms with E-state index in [0.717, 1.165) is 29.8 Å². The van der Waals surface area contributed by atoms with Crippen LogP contribution in [0.2, 0.25) is 0 Å². The van der Waals surface area contributed by atoms with Crippen molar-refractivity contribution in [3.63, 3.8) is 0 Å². The largest absolute Gasteiger partial charge is 0.450 e. The lowest BCUT2D eigenvalue weighted by Gasteiger charge is -2.28. The number of para-hydroxylation sites is 1. The number of hydrogen-bond acceptors (Lipinski definition) is 4. The number of nitrogens with one attached hydrogen (secondary N) is 1. The van der Waals surface area contributed by atoms with Crippen LogP contribution in [-0.2, 0) is 22.4 Å². The Morgan fingerprint density at radius 2 is 1.78 bits per heavy atom. The predicted octanol–water partition coefficient (Wildman–Crippen LogP) is 3.58. The van der Waals surface area contributed by atoms with Gasteiger partial charge in [-0.25, -0.2) is 4.79 Å². The Kier molecular flexibility index (Phi) is 5.64. The number of hydrogen-bond donors (Lipinski definition) is 1. The van der Waals surface area contributed by atoms with Crippen molar-refractivity contribution in [3.05, 3.63) is 53.6 Å². The van der Waals surface area contributed by atoms with Gasteiger partial charge in [-0.15, -0.1) is 0 Å². The van der Waals surface area contributed by atoms with Crippen LogP contribution >= 0.6 is 0 Å². The summed E-state index contributed by atoms with van der Waals surface area (Å²) in [6, 6.07) is 13.9. The lowest BCUT2D eigenvalue weighted by Crippen LogP contribution is -2.34. The Bertz CT molecular complexity index is 848. The molecule has 0 radical (unpaired) electrons. The van der Waals surface area contributed by atoms with E-state index in [1.807, 2.05) is 41.3 Å². The van der Waals surface area contributed by atoms with Crippen LogP contribution in [0.1, 0.15) is 18.1 Å². The molecule has 2 aromatic rings. The van der Waals surface area contributed by atoms with E-state index in [2.05, 4.69) is 11.4 Å². The van der Waals surface area contributed by atoms with Crippen LogP contribution in [0, 0.1) is 0 Å². The van der Waals surface area contributed by atoms with Gasteiger partial charge >= 0.3 is 6.09 Å². The quantitative estimate of drug-likeness (QED) is 0.897. The molecule has 3 rings (SSSR count). The van der Waals surface area contributed by atoms with E-state index < -0.39 is 6.09 Å². The van der Waals surface area contributed by atoms with Gasteiger partial charge in [0.15, 0.2) is 0 Å². The van der Waals surface area contributed by atoms with Crippen molar-refractivity contribution in [2.75, 3.05) is 37.5 Å². The van der Waals surface area contributed by atoms with Gasteiger partial charge in [0.2, 0.25) is 5.91 Å². The minimum absolute atomic E-state index is 0.0152. The first-order valence-electron chi connectivity index (χ1n) is 9.12. The molecule has 0 atom stereocenters. The summed E-state index contributed by atoms with van der Waals surface area (Å²) >= 11 is 0. The van der Waals surface area contributed by atoms with Gasteiger partial charge in [-0.2, -0.15) is 0 Å². The van der Waals surface area contributed by atoms with Crippen LogP contribution in [0.25, 0.3) is 0 Å². The van der Waals surface area contributed by atoms with Crippen molar-refractivity contribution in [1.29, 1.82) is 0 Å². The highest BCUT2D eigenvalue weighted by atomic mass is 16.5. The molecule has 0 spiro atoms. The van der Waals surface area contributed by atoms with Gasteiger partial charge < -0.3 is 14.5 Å². The monoisotopic (exact) mass is 367 g/mol. The molecule has 1 aliphatic heterocycles. The first-order chi connectivity index (χ1) is 13.0. The van der Waals surface area contributed by atoms with E-state index in [-0.39, 0.29) is 12.5 Å². The maximum Gasteiger partial charge on any atom is 0.411 e. The lowest BCUT2D eigenvalue weighted by molar-refractivity contribution is -0.127. The number of amides is 2. The van der Waals surface area contributed by atoms with E-state index in [4.69, 9.17) is 4.74 Å². The molecule has 0 unspecified atom stereocenters. The molecule has 6 nitrogen and oxygen atoms in total. The van der Waals surface area contributed by atoms with Gasteiger partial charge in [0.1, 0.15) is 6.54 Å². The topological polar surface area (TPSA) is 61.9 Å². The highest BCUT2D eigenvalue weighted by Gasteiger charge is 2.23. The summed E-state index contributed by atoms with van der Waals surface area (Å²) in [6.45, 7) is 2.32. The van der Waals surface area contributed by atoms with Crippen molar-refractivity contribution in [3.8, 4) is 0 Å². The third-order valence-electron chi connectivity index (χ3n) is 4.64. The van der Waals surface area contributed by atoms with E-state index in [9.17, 15) is 9.59 Å². The molecular weight excluding hydrogens is 342 g/mol. The number of benzene rings is 2. The summed E-state index contributed by atoms with van der Waals surface area (Å²) in [5, 5.41) is 2.75. The van der Waals surface area contributed by atoms with Crippen LogP contribution in [0.3, 0.4) is 0 Å². The normalized spacial score (nSPS) is 12.5. The number of anilines is 3. The Labute approximate surface area is 159 Å². The Hall–Kier alpha value is -3.02. The SMILES string of the molecule is CCOC(=O)Nc1ccc2c(c1)N(CC(=O)N(C)C)c1ccccc1CC2. The molecule has 0 aromatic heterocycles. The fourth-order valence-electron chi connectivity index (χ4n) is 3.22. The van der Waals surface area contributed by atoms with Crippen LogP contribution in [-0.4, -0.2) is 44.1 Å². The van der Waals surface area contributed by atoms with Crippen LogP contribution in [0.15, 0.2) is 42.5 Å². The molecule has 0 saturated carbocycles. The molecule has 1 heterocycles. The van der Waals surface area contributed by atoms with Gasteiger partial charge in [0.25, 0.3) is 0 Å². The van der Waals surface area contributed by atoms with E-state index in [1.54, 1.807) is 25.9 Å². The molecule has 0 saturated heterocycles. The van der Waals surface area contributed by atoms with Crippen LogP contribution in [0.5, 0.6) is 0 Å². The highest BCUT2D eigenvalue weighted by Crippen LogP contribution is 2.37. The minimum Gasteiger partial charge on any atom is -0.450 e. The Balaban J connectivity index is 2.02. The fraction of sp³-hybridized carbons (Fsp3) is 0.333. The summed E-state index contributed by atoms with van der Waals surface area (Å²) in [5.74, 6) is 0.0152. The van der Waals surface area contributed by atoms with Crippen molar-refractivity contribution in [2.24, 2.45) is 0 Å². The maximum absolute atomic E-state index is 12.5. The Morgan fingerprint density at radius 3 is 2.48 bits per heavy atom. The maximum atomic E-state index is 12.5. The molecule has 0 aliphatic carbocycles. The van der Waals surface area contributed by atoms with Crippen LogP contribution < -0.4 is 10.2 Å². The van der Waals surface area contributed by atoms with E-state index in [1.165, 1.54) is 5.56 Å². The van der Waals surface area contributed by atoms with Crippen molar-refractivity contribution in [2.45, 2.75) is 19.8 Å².